The van der Waals surface area contributed by atoms with E-state index in [0.29, 0.717) is 10.0 Å². The molecular formula is C16H21Cl2NO. The molecule has 2 N–H and O–H groups in total. The Morgan fingerprint density at radius 1 is 1.05 bits per heavy atom. The smallest absolute Gasteiger partial charge is 0.121 e. The maximum absolute atomic E-state index is 6.33. The molecule has 0 heterocycles. The summed E-state index contributed by atoms with van der Waals surface area (Å²) in [6.07, 6.45) is 8.76. The summed E-state index contributed by atoms with van der Waals surface area (Å²) in [5, 5.41) is 1.11. The Morgan fingerprint density at radius 3 is 2.35 bits per heavy atom. The summed E-state index contributed by atoms with van der Waals surface area (Å²) in [6.45, 7) is 0. The molecule has 0 bridgehead atoms. The summed E-state index contributed by atoms with van der Waals surface area (Å²) in [6, 6.07) is 5.77. The van der Waals surface area contributed by atoms with E-state index in [4.69, 9.17) is 33.7 Å². The number of rotatable bonds is 2. The summed E-state index contributed by atoms with van der Waals surface area (Å²) >= 11 is 12.0. The molecule has 0 aliphatic heterocycles. The maximum Gasteiger partial charge on any atom is 0.121 e. The fourth-order valence-electron chi connectivity index (χ4n) is 3.74. The zero-order valence-electron chi connectivity index (χ0n) is 11.6. The Kier molecular flexibility index (Phi) is 4.16. The Labute approximate surface area is 130 Å². The van der Waals surface area contributed by atoms with Gasteiger partial charge in [-0.2, -0.15) is 0 Å². The maximum atomic E-state index is 6.33. The van der Waals surface area contributed by atoms with E-state index in [0.717, 1.165) is 12.2 Å². The van der Waals surface area contributed by atoms with E-state index in [1.165, 1.54) is 38.5 Å². The molecular weight excluding hydrogens is 293 g/mol. The zero-order chi connectivity index (χ0) is 14.2. The van der Waals surface area contributed by atoms with Crippen molar-refractivity contribution in [3.63, 3.8) is 0 Å². The van der Waals surface area contributed by atoms with E-state index in [1.54, 1.807) is 12.1 Å². The normalized spacial score (nSPS) is 28.8. The molecule has 2 nitrogen and oxygen atoms in total. The molecule has 110 valence electrons. The molecule has 2 fully saturated rings. The van der Waals surface area contributed by atoms with Crippen LogP contribution < -0.4 is 10.5 Å². The van der Waals surface area contributed by atoms with E-state index in [1.807, 2.05) is 6.07 Å². The molecule has 4 heteroatoms. The van der Waals surface area contributed by atoms with Crippen molar-refractivity contribution in [3.05, 3.63) is 28.2 Å². The van der Waals surface area contributed by atoms with Gasteiger partial charge in [0.25, 0.3) is 0 Å². The minimum atomic E-state index is 0.183. The van der Waals surface area contributed by atoms with Crippen LogP contribution in [0.4, 0.5) is 0 Å². The standard InChI is InChI=1S/C16H21Cl2NO/c17-12-6-5-11(9-13(12)18)20-15-10-14(19)16(15)7-3-1-2-4-8-16/h5-6,9,14-15H,1-4,7-8,10,19H2. The lowest BCUT2D eigenvalue weighted by Crippen LogP contribution is -2.63. The van der Waals surface area contributed by atoms with Crippen molar-refractivity contribution in [2.24, 2.45) is 11.1 Å². The molecule has 0 aromatic heterocycles. The lowest BCUT2D eigenvalue weighted by Gasteiger charge is -2.54. The van der Waals surface area contributed by atoms with Crippen LogP contribution in [-0.2, 0) is 0 Å². The third kappa shape index (κ3) is 2.54. The SMILES string of the molecule is NC1CC(Oc2ccc(Cl)c(Cl)c2)C12CCCCCC2. The van der Waals surface area contributed by atoms with Gasteiger partial charge in [0.1, 0.15) is 11.9 Å². The second-order valence-corrected chi connectivity index (χ2v) is 6.99. The predicted molar refractivity (Wildman–Crippen MR) is 83.6 cm³/mol. The highest BCUT2D eigenvalue weighted by molar-refractivity contribution is 6.42. The van der Waals surface area contributed by atoms with Gasteiger partial charge in [0.2, 0.25) is 0 Å². The molecule has 2 aliphatic carbocycles. The number of benzene rings is 1. The molecule has 1 aromatic rings. The zero-order valence-corrected chi connectivity index (χ0v) is 13.1. The van der Waals surface area contributed by atoms with Crippen molar-refractivity contribution in [3.8, 4) is 5.75 Å². The molecule has 3 rings (SSSR count). The topological polar surface area (TPSA) is 35.2 Å². The lowest BCUT2D eigenvalue weighted by atomic mass is 9.58. The van der Waals surface area contributed by atoms with E-state index in [9.17, 15) is 0 Å². The van der Waals surface area contributed by atoms with Crippen LogP contribution in [0.3, 0.4) is 0 Å². The lowest BCUT2D eigenvalue weighted by molar-refractivity contribution is -0.0770. The fraction of sp³-hybridized carbons (Fsp3) is 0.625. The molecule has 1 spiro atoms. The van der Waals surface area contributed by atoms with E-state index in [2.05, 4.69) is 0 Å². The average molecular weight is 314 g/mol. The number of halogens is 2. The van der Waals surface area contributed by atoms with Crippen molar-refractivity contribution in [1.29, 1.82) is 0 Å². The van der Waals surface area contributed by atoms with Crippen molar-refractivity contribution in [1.82, 2.24) is 0 Å². The van der Waals surface area contributed by atoms with Crippen LogP contribution in [0.2, 0.25) is 10.0 Å². The molecule has 2 saturated carbocycles. The first kappa shape index (κ1) is 14.5. The van der Waals surface area contributed by atoms with Crippen LogP contribution in [0.15, 0.2) is 18.2 Å². The highest BCUT2D eigenvalue weighted by Crippen LogP contribution is 2.51. The molecule has 2 unspecified atom stereocenters. The van der Waals surface area contributed by atoms with Crippen LogP contribution >= 0.6 is 23.2 Å². The van der Waals surface area contributed by atoms with Crippen molar-refractivity contribution in [2.75, 3.05) is 0 Å². The second kappa shape index (κ2) is 5.75. The van der Waals surface area contributed by atoms with Crippen LogP contribution in [0.25, 0.3) is 0 Å². The van der Waals surface area contributed by atoms with Gasteiger partial charge in [0.05, 0.1) is 10.0 Å². The Hall–Kier alpha value is -0.440. The first-order chi connectivity index (χ1) is 9.62. The summed E-state index contributed by atoms with van der Waals surface area (Å²) < 4.78 is 6.18. The monoisotopic (exact) mass is 313 g/mol. The molecule has 0 saturated heterocycles. The average Bonchev–Trinajstić information content (AvgIpc) is 2.70. The van der Waals surface area contributed by atoms with Gasteiger partial charge in [-0.1, -0.05) is 48.9 Å². The molecule has 1 aromatic carbocycles. The highest BCUT2D eigenvalue weighted by Gasteiger charge is 2.54. The van der Waals surface area contributed by atoms with Crippen LogP contribution in [-0.4, -0.2) is 12.1 Å². The quantitative estimate of drug-likeness (QED) is 0.850. The van der Waals surface area contributed by atoms with Crippen molar-refractivity contribution >= 4 is 23.2 Å². The molecule has 20 heavy (non-hydrogen) atoms. The first-order valence-electron chi connectivity index (χ1n) is 7.49. The van der Waals surface area contributed by atoms with Gasteiger partial charge >= 0.3 is 0 Å². The van der Waals surface area contributed by atoms with Gasteiger partial charge in [-0.25, -0.2) is 0 Å². The van der Waals surface area contributed by atoms with Crippen LogP contribution in [0.1, 0.15) is 44.9 Å². The van der Waals surface area contributed by atoms with Crippen LogP contribution in [0.5, 0.6) is 5.75 Å². The van der Waals surface area contributed by atoms with Gasteiger partial charge in [-0.3, -0.25) is 0 Å². The Morgan fingerprint density at radius 2 is 1.75 bits per heavy atom. The third-order valence-electron chi connectivity index (χ3n) is 5.05. The molecule has 2 atom stereocenters. The fourth-order valence-corrected chi connectivity index (χ4v) is 4.03. The highest BCUT2D eigenvalue weighted by atomic mass is 35.5. The number of hydrogen-bond donors (Lipinski definition) is 1. The summed E-state index contributed by atoms with van der Waals surface area (Å²) in [7, 11) is 0. The van der Waals surface area contributed by atoms with E-state index in [-0.39, 0.29) is 17.6 Å². The van der Waals surface area contributed by atoms with Gasteiger partial charge in [0.15, 0.2) is 0 Å². The van der Waals surface area contributed by atoms with Crippen molar-refractivity contribution < 1.29 is 4.74 Å². The summed E-state index contributed by atoms with van der Waals surface area (Å²) in [4.78, 5) is 0. The summed E-state index contributed by atoms with van der Waals surface area (Å²) in [5.41, 5.74) is 6.51. The van der Waals surface area contributed by atoms with Gasteiger partial charge in [-0.15, -0.1) is 0 Å². The van der Waals surface area contributed by atoms with Gasteiger partial charge < -0.3 is 10.5 Å². The van der Waals surface area contributed by atoms with Gasteiger partial charge in [-0.05, 0) is 25.0 Å². The first-order valence-corrected chi connectivity index (χ1v) is 8.25. The number of hydrogen-bond acceptors (Lipinski definition) is 2. The van der Waals surface area contributed by atoms with Crippen LogP contribution in [0, 0.1) is 5.41 Å². The van der Waals surface area contributed by atoms with Crippen molar-refractivity contribution in [2.45, 2.75) is 57.1 Å². The van der Waals surface area contributed by atoms with Gasteiger partial charge in [0, 0.05) is 23.9 Å². The van der Waals surface area contributed by atoms with E-state index >= 15 is 0 Å². The molecule has 0 radical (unpaired) electrons. The second-order valence-electron chi connectivity index (χ2n) is 6.17. The number of ether oxygens (including phenoxy) is 1. The Bertz CT molecular complexity index is 483. The van der Waals surface area contributed by atoms with E-state index < -0.39 is 0 Å². The molecule has 0 amide bonds. The number of nitrogens with two attached hydrogens (primary N) is 1. The minimum absolute atomic E-state index is 0.183. The summed E-state index contributed by atoms with van der Waals surface area (Å²) in [5.74, 6) is 0.805. The third-order valence-corrected chi connectivity index (χ3v) is 5.79. The predicted octanol–water partition coefficient (Wildman–Crippen LogP) is 4.81. The largest absolute Gasteiger partial charge is 0.490 e. The molecule has 2 aliphatic rings. The minimum Gasteiger partial charge on any atom is -0.490 e. The Balaban J connectivity index is 1.75.